The number of allylic oxidation sites excluding steroid dienone is 6. The van der Waals surface area contributed by atoms with Gasteiger partial charge in [-0.05, 0) is 51.4 Å². The quantitative estimate of drug-likeness (QED) is 0.0277. The van der Waals surface area contributed by atoms with Crippen molar-refractivity contribution >= 4 is 17.9 Å². The Labute approximate surface area is 308 Å². The lowest BCUT2D eigenvalue weighted by Crippen LogP contribution is -2.30. The monoisotopic (exact) mass is 703 g/mol. The highest BCUT2D eigenvalue weighted by atomic mass is 16.6. The number of carbonyl (C=O) groups is 3. The van der Waals surface area contributed by atoms with Crippen molar-refractivity contribution in [1.29, 1.82) is 0 Å². The molecule has 0 aromatic heterocycles. The van der Waals surface area contributed by atoms with Crippen LogP contribution < -0.4 is 0 Å². The molecule has 0 rings (SSSR count). The summed E-state index contributed by atoms with van der Waals surface area (Å²) in [6.07, 6.45) is 42.9. The summed E-state index contributed by atoms with van der Waals surface area (Å²) < 4.78 is 16.6. The third-order valence-corrected chi connectivity index (χ3v) is 8.91. The molecular weight excluding hydrogens is 624 g/mol. The summed E-state index contributed by atoms with van der Waals surface area (Å²) in [5.74, 6) is -0.898. The Morgan fingerprint density at radius 2 is 0.780 bits per heavy atom. The average Bonchev–Trinajstić information content (AvgIpc) is 3.11. The molecule has 0 fully saturated rings. The first-order valence-corrected chi connectivity index (χ1v) is 21.0. The summed E-state index contributed by atoms with van der Waals surface area (Å²) in [4.78, 5) is 37.4. The van der Waals surface area contributed by atoms with Crippen molar-refractivity contribution in [3.63, 3.8) is 0 Å². The second-order valence-corrected chi connectivity index (χ2v) is 13.9. The van der Waals surface area contributed by atoms with E-state index >= 15 is 0 Å². The Balaban J connectivity index is 4.24. The second-order valence-electron chi connectivity index (χ2n) is 13.9. The van der Waals surface area contributed by atoms with Crippen molar-refractivity contribution in [2.75, 3.05) is 13.2 Å². The molecule has 0 saturated heterocycles. The fraction of sp³-hybridized carbons (Fsp3) is 0.795. The maximum Gasteiger partial charge on any atom is 0.306 e. The lowest BCUT2D eigenvalue weighted by Gasteiger charge is -2.18. The summed E-state index contributed by atoms with van der Waals surface area (Å²) in [6.45, 7) is 6.42. The van der Waals surface area contributed by atoms with E-state index in [1.807, 2.05) is 0 Å². The molecule has 1 unspecified atom stereocenters. The van der Waals surface area contributed by atoms with Crippen molar-refractivity contribution in [3.8, 4) is 0 Å². The molecule has 0 aromatic rings. The molecule has 0 amide bonds. The zero-order valence-corrected chi connectivity index (χ0v) is 32.9. The Hall–Kier alpha value is -2.37. The van der Waals surface area contributed by atoms with Crippen LogP contribution in [0.25, 0.3) is 0 Å². The summed E-state index contributed by atoms with van der Waals surface area (Å²) >= 11 is 0. The van der Waals surface area contributed by atoms with Crippen LogP contribution >= 0.6 is 0 Å². The minimum absolute atomic E-state index is 0.0742. The maximum absolute atomic E-state index is 12.6. The number of ether oxygens (including phenoxy) is 3. The van der Waals surface area contributed by atoms with Crippen LogP contribution in [-0.4, -0.2) is 37.2 Å². The van der Waals surface area contributed by atoms with E-state index in [0.717, 1.165) is 83.5 Å². The molecule has 0 N–H and O–H groups in total. The highest BCUT2D eigenvalue weighted by Crippen LogP contribution is 2.14. The van der Waals surface area contributed by atoms with Crippen LogP contribution in [0.3, 0.4) is 0 Å². The Morgan fingerprint density at radius 1 is 0.420 bits per heavy atom. The predicted molar refractivity (Wildman–Crippen MR) is 210 cm³/mol. The van der Waals surface area contributed by atoms with Gasteiger partial charge in [-0.25, -0.2) is 0 Å². The van der Waals surface area contributed by atoms with Crippen molar-refractivity contribution < 1.29 is 28.6 Å². The molecule has 0 bridgehead atoms. The maximum atomic E-state index is 12.6. The van der Waals surface area contributed by atoms with Crippen molar-refractivity contribution in [1.82, 2.24) is 0 Å². The number of rotatable bonds is 37. The minimum Gasteiger partial charge on any atom is -0.462 e. The van der Waals surface area contributed by atoms with Gasteiger partial charge in [0.05, 0.1) is 0 Å². The standard InChI is InChI=1S/C44H78O6/c1-4-7-10-13-16-18-19-20-21-22-23-24-25-27-28-31-34-37-43(46)49-40-41(39-48-42(45)36-33-30-15-12-9-6-3)50-44(47)38-35-32-29-26-17-14-11-8-5-2/h7,10,16,18,20-21,41H,4-6,8-9,11-15,17,19,22-40H2,1-3H3/b10-7-,18-16-,21-20-. The van der Waals surface area contributed by atoms with E-state index in [-0.39, 0.29) is 31.1 Å². The topological polar surface area (TPSA) is 78.9 Å². The Bertz CT molecular complexity index is 861. The number of esters is 3. The van der Waals surface area contributed by atoms with E-state index in [9.17, 15) is 14.4 Å². The third kappa shape index (κ3) is 36.9. The van der Waals surface area contributed by atoms with Gasteiger partial charge in [-0.1, -0.05) is 173 Å². The summed E-state index contributed by atoms with van der Waals surface area (Å²) in [5.41, 5.74) is 0. The van der Waals surface area contributed by atoms with E-state index in [1.165, 1.54) is 83.5 Å². The molecule has 0 aromatic carbocycles. The summed E-state index contributed by atoms with van der Waals surface area (Å²) in [5, 5.41) is 0. The van der Waals surface area contributed by atoms with E-state index in [0.29, 0.717) is 19.3 Å². The van der Waals surface area contributed by atoms with Crippen molar-refractivity contribution in [2.45, 2.75) is 213 Å². The van der Waals surface area contributed by atoms with Gasteiger partial charge in [0.1, 0.15) is 13.2 Å². The fourth-order valence-electron chi connectivity index (χ4n) is 5.75. The van der Waals surface area contributed by atoms with Crippen LogP contribution in [0, 0.1) is 0 Å². The zero-order valence-electron chi connectivity index (χ0n) is 32.9. The number of unbranched alkanes of at least 4 members (excludes halogenated alkanes) is 20. The lowest BCUT2D eigenvalue weighted by molar-refractivity contribution is -0.167. The van der Waals surface area contributed by atoms with Gasteiger partial charge in [0.25, 0.3) is 0 Å². The van der Waals surface area contributed by atoms with Crippen LogP contribution in [0.5, 0.6) is 0 Å². The van der Waals surface area contributed by atoms with Crippen molar-refractivity contribution in [2.24, 2.45) is 0 Å². The largest absolute Gasteiger partial charge is 0.462 e. The number of hydrogen-bond donors (Lipinski definition) is 0. The van der Waals surface area contributed by atoms with Gasteiger partial charge in [0.2, 0.25) is 0 Å². The normalized spacial score (nSPS) is 12.3. The van der Waals surface area contributed by atoms with E-state index < -0.39 is 6.10 Å². The molecular formula is C44H78O6. The molecule has 6 heteroatoms. The molecule has 0 aliphatic heterocycles. The van der Waals surface area contributed by atoms with Gasteiger partial charge < -0.3 is 14.2 Å². The van der Waals surface area contributed by atoms with Crippen LogP contribution in [0.15, 0.2) is 36.5 Å². The molecule has 0 aliphatic rings. The smallest absolute Gasteiger partial charge is 0.306 e. The van der Waals surface area contributed by atoms with Crippen molar-refractivity contribution in [3.05, 3.63) is 36.5 Å². The van der Waals surface area contributed by atoms with Gasteiger partial charge in [0.15, 0.2) is 6.10 Å². The van der Waals surface area contributed by atoms with Crippen LogP contribution in [0.4, 0.5) is 0 Å². The lowest BCUT2D eigenvalue weighted by atomic mass is 10.1. The van der Waals surface area contributed by atoms with Crippen LogP contribution in [0.2, 0.25) is 0 Å². The SMILES string of the molecule is CC/C=C\C/C=C\C/C=C\CCCCCCCCCC(=O)OCC(COC(=O)CCCCCCCC)OC(=O)CCCCCCCCCCC. The second kappa shape index (κ2) is 39.4. The predicted octanol–water partition coefficient (Wildman–Crippen LogP) is 13.0. The zero-order chi connectivity index (χ0) is 36.6. The molecule has 1 atom stereocenters. The Morgan fingerprint density at radius 3 is 1.22 bits per heavy atom. The number of carbonyl (C=O) groups excluding carboxylic acids is 3. The van der Waals surface area contributed by atoms with E-state index in [2.05, 4.69) is 57.2 Å². The number of hydrogen-bond acceptors (Lipinski definition) is 6. The van der Waals surface area contributed by atoms with E-state index in [1.54, 1.807) is 0 Å². The van der Waals surface area contributed by atoms with Gasteiger partial charge in [0, 0.05) is 19.3 Å². The Kier molecular flexibility index (Phi) is 37.5. The first kappa shape index (κ1) is 47.6. The van der Waals surface area contributed by atoms with Crippen LogP contribution in [0.1, 0.15) is 207 Å². The fourth-order valence-corrected chi connectivity index (χ4v) is 5.75. The first-order chi connectivity index (χ1) is 24.5. The first-order valence-electron chi connectivity index (χ1n) is 21.0. The van der Waals surface area contributed by atoms with Gasteiger partial charge in [-0.15, -0.1) is 0 Å². The average molecular weight is 703 g/mol. The van der Waals surface area contributed by atoms with Crippen LogP contribution in [-0.2, 0) is 28.6 Å². The molecule has 0 radical (unpaired) electrons. The van der Waals surface area contributed by atoms with Gasteiger partial charge in [-0.2, -0.15) is 0 Å². The molecule has 0 spiro atoms. The molecule has 0 heterocycles. The molecule has 0 saturated carbocycles. The van der Waals surface area contributed by atoms with E-state index in [4.69, 9.17) is 14.2 Å². The molecule has 0 aliphatic carbocycles. The molecule has 290 valence electrons. The molecule has 6 nitrogen and oxygen atoms in total. The van der Waals surface area contributed by atoms with Gasteiger partial charge >= 0.3 is 17.9 Å². The summed E-state index contributed by atoms with van der Waals surface area (Å²) in [6, 6.07) is 0. The highest BCUT2D eigenvalue weighted by molar-refractivity contribution is 5.71. The molecule has 50 heavy (non-hydrogen) atoms. The minimum atomic E-state index is -0.766. The highest BCUT2D eigenvalue weighted by Gasteiger charge is 2.19. The van der Waals surface area contributed by atoms with Gasteiger partial charge in [-0.3, -0.25) is 14.4 Å². The summed E-state index contributed by atoms with van der Waals surface area (Å²) in [7, 11) is 0. The third-order valence-electron chi connectivity index (χ3n) is 8.91.